The maximum Gasteiger partial charge on any atom is 0.410 e. The summed E-state index contributed by atoms with van der Waals surface area (Å²) in [6.07, 6.45) is 6.11. The molecule has 2 aliphatic rings. The van der Waals surface area contributed by atoms with Gasteiger partial charge in [-0.3, -0.25) is 9.59 Å². The number of imidazole rings is 1. The molecule has 47 heavy (non-hydrogen) atoms. The molecule has 260 valence electrons. The first-order valence-corrected chi connectivity index (χ1v) is 17.1. The second-order valence-electron chi connectivity index (χ2n) is 13.4. The molecule has 12 nitrogen and oxygen atoms in total. The van der Waals surface area contributed by atoms with E-state index in [0.717, 1.165) is 31.2 Å². The highest BCUT2D eigenvalue weighted by atomic mass is 16.6. The molecule has 0 bridgehead atoms. The van der Waals surface area contributed by atoms with Crippen molar-refractivity contribution in [3.8, 4) is 0 Å². The second-order valence-corrected chi connectivity index (χ2v) is 13.4. The average molecular weight is 656 g/mol. The van der Waals surface area contributed by atoms with Gasteiger partial charge in [0.1, 0.15) is 6.04 Å². The van der Waals surface area contributed by atoms with E-state index in [-0.39, 0.29) is 25.2 Å². The predicted octanol–water partition coefficient (Wildman–Crippen LogP) is 3.08. The van der Waals surface area contributed by atoms with Crippen LogP contribution in [0.25, 0.3) is 0 Å². The normalized spacial score (nSPS) is 19.0. The minimum absolute atomic E-state index is 0.0476. The van der Waals surface area contributed by atoms with Gasteiger partial charge in [-0.05, 0) is 23.8 Å². The number of amides is 3. The Morgan fingerprint density at radius 2 is 1.77 bits per heavy atom. The average Bonchev–Trinajstić information content (AvgIpc) is 3.60. The van der Waals surface area contributed by atoms with Crippen LogP contribution in [0.4, 0.5) is 4.79 Å². The Labute approximate surface area is 278 Å². The van der Waals surface area contributed by atoms with E-state index in [4.69, 9.17) is 9.47 Å². The minimum Gasteiger partial charge on any atom is -0.436 e. The number of aliphatic hydroxyl groups is 2. The van der Waals surface area contributed by atoms with Crippen molar-refractivity contribution in [2.75, 3.05) is 33.4 Å². The number of nitrogens with zero attached hydrogens (tertiary/aromatic N) is 3. The molecule has 2 unspecified atom stereocenters. The van der Waals surface area contributed by atoms with Gasteiger partial charge < -0.3 is 39.8 Å². The molecule has 4 rings (SSSR count). The van der Waals surface area contributed by atoms with Crippen LogP contribution in [-0.4, -0.2) is 112 Å². The number of hydrogen-bond donors (Lipinski definition) is 4. The largest absolute Gasteiger partial charge is 0.436 e. The Kier molecular flexibility index (Phi) is 14.1. The summed E-state index contributed by atoms with van der Waals surface area (Å²) in [6.45, 7) is 5.29. The number of nitrogens with one attached hydrogen (secondary N) is 2. The lowest BCUT2D eigenvalue weighted by molar-refractivity contribution is -0.146. The number of ether oxygens (including phenoxy) is 2. The molecule has 1 aliphatic carbocycles. The van der Waals surface area contributed by atoms with Crippen molar-refractivity contribution in [3.63, 3.8) is 0 Å². The predicted molar refractivity (Wildman–Crippen MR) is 176 cm³/mol. The third kappa shape index (κ3) is 11.0. The first kappa shape index (κ1) is 36.4. The van der Waals surface area contributed by atoms with Crippen LogP contribution in [0.5, 0.6) is 0 Å². The Balaban J connectivity index is 1.57. The maximum atomic E-state index is 14.2. The summed E-state index contributed by atoms with van der Waals surface area (Å²) < 4.78 is 11.2. The van der Waals surface area contributed by atoms with Crippen molar-refractivity contribution in [1.29, 1.82) is 0 Å². The van der Waals surface area contributed by atoms with Gasteiger partial charge in [-0.1, -0.05) is 76.3 Å². The number of carbonyl (C=O) groups excluding carboxylic acids is 3. The number of hydrogen-bond acceptors (Lipinski definition) is 8. The number of rotatable bonds is 15. The number of benzene rings is 1. The first-order chi connectivity index (χ1) is 22.6. The van der Waals surface area contributed by atoms with Crippen LogP contribution < -0.4 is 5.32 Å². The molecule has 2 heterocycles. The smallest absolute Gasteiger partial charge is 0.410 e. The molecule has 3 amide bonds. The van der Waals surface area contributed by atoms with E-state index in [1.54, 1.807) is 6.20 Å². The van der Waals surface area contributed by atoms with E-state index in [2.05, 4.69) is 15.3 Å². The van der Waals surface area contributed by atoms with Crippen LogP contribution in [0.15, 0.2) is 42.9 Å². The number of aromatic nitrogens is 2. The lowest BCUT2D eigenvalue weighted by Gasteiger charge is -2.35. The molecule has 12 heteroatoms. The molecule has 0 radical (unpaired) electrons. The summed E-state index contributed by atoms with van der Waals surface area (Å²) in [7, 11) is 1.54. The molecule has 1 saturated heterocycles. The second kappa shape index (κ2) is 18.2. The molecule has 4 N–H and O–H groups in total. The summed E-state index contributed by atoms with van der Waals surface area (Å²) in [5.41, 5.74) is 1.39. The fourth-order valence-electron chi connectivity index (χ4n) is 6.39. The van der Waals surface area contributed by atoms with Crippen LogP contribution in [-0.2, 0) is 31.9 Å². The van der Waals surface area contributed by atoms with Gasteiger partial charge in [0.25, 0.3) is 5.91 Å². The number of morpholine rings is 1. The number of aliphatic hydroxyl groups excluding tert-OH is 2. The third-order valence-corrected chi connectivity index (χ3v) is 9.48. The fraction of sp³-hybridized carbons (Fsp3) is 0.657. The lowest BCUT2D eigenvalue weighted by Crippen LogP contribution is -2.56. The highest BCUT2D eigenvalue weighted by molar-refractivity contribution is 5.90. The van der Waals surface area contributed by atoms with Crippen molar-refractivity contribution in [1.82, 2.24) is 25.1 Å². The summed E-state index contributed by atoms with van der Waals surface area (Å²) in [4.78, 5) is 51.6. The molecule has 0 spiro atoms. The van der Waals surface area contributed by atoms with Gasteiger partial charge in [0.05, 0.1) is 43.5 Å². The molecule has 2 fully saturated rings. The highest BCUT2D eigenvalue weighted by Gasteiger charge is 2.37. The molecular weight excluding hydrogens is 602 g/mol. The Morgan fingerprint density at radius 3 is 2.40 bits per heavy atom. The number of likely N-dealkylation sites (N-methyl/N-ethyl adjacent to an activating group) is 1. The van der Waals surface area contributed by atoms with Gasteiger partial charge in [-0.2, -0.15) is 0 Å². The zero-order valence-corrected chi connectivity index (χ0v) is 28.1. The van der Waals surface area contributed by atoms with E-state index in [0.29, 0.717) is 44.3 Å². The first-order valence-electron chi connectivity index (χ1n) is 17.1. The van der Waals surface area contributed by atoms with E-state index in [1.165, 1.54) is 29.6 Å². The molecule has 1 aliphatic heterocycles. The quantitative estimate of drug-likeness (QED) is 0.228. The summed E-state index contributed by atoms with van der Waals surface area (Å²) >= 11 is 0. The number of H-pyrrole nitrogens is 1. The molecule has 1 aromatic carbocycles. The summed E-state index contributed by atoms with van der Waals surface area (Å²) in [5, 5.41) is 25.0. The van der Waals surface area contributed by atoms with Crippen LogP contribution in [0.3, 0.4) is 0 Å². The van der Waals surface area contributed by atoms with Crippen molar-refractivity contribution < 1.29 is 34.1 Å². The Bertz CT molecular complexity index is 1230. The zero-order valence-electron chi connectivity index (χ0n) is 28.1. The number of carbonyl (C=O) groups is 3. The van der Waals surface area contributed by atoms with E-state index in [1.807, 2.05) is 44.2 Å². The van der Waals surface area contributed by atoms with Gasteiger partial charge in [-0.15, -0.1) is 0 Å². The molecule has 5 atom stereocenters. The van der Waals surface area contributed by atoms with Gasteiger partial charge >= 0.3 is 6.09 Å². The Morgan fingerprint density at radius 1 is 1.06 bits per heavy atom. The molecule has 2 aromatic rings. The lowest BCUT2D eigenvalue weighted by atomic mass is 9.82. The van der Waals surface area contributed by atoms with Crippen molar-refractivity contribution in [2.24, 2.45) is 11.8 Å². The fourth-order valence-corrected chi connectivity index (χ4v) is 6.39. The van der Waals surface area contributed by atoms with E-state index < -0.39 is 48.3 Å². The molecular formula is C35H53N5O7. The summed E-state index contributed by atoms with van der Waals surface area (Å²) in [5.74, 6) is -0.668. The van der Waals surface area contributed by atoms with Crippen LogP contribution >= 0.6 is 0 Å². The van der Waals surface area contributed by atoms with Gasteiger partial charge in [-0.25, -0.2) is 9.78 Å². The van der Waals surface area contributed by atoms with Gasteiger partial charge in [0.2, 0.25) is 5.91 Å². The van der Waals surface area contributed by atoms with Crippen molar-refractivity contribution >= 4 is 17.9 Å². The van der Waals surface area contributed by atoms with E-state index >= 15 is 0 Å². The van der Waals surface area contributed by atoms with Crippen LogP contribution in [0.2, 0.25) is 0 Å². The standard InChI is InChI=1S/C35H53N5O7/c1-24(2)30(41)21-31(42)28(18-25-10-6-4-7-11-25)38-33(43)29(20-27-22-36-23-37-27)39(3)34(44)32(19-26-12-8-5-9-13-26)47-35(45)40-14-16-46-17-15-40/h5,8-9,12-13,22-25,28-32,41-42H,4,6-7,10-11,14-21H2,1-3H3,(H,36,37)(H,38,43)/t28-,29-,30?,31?,32-/m0/s1. The zero-order chi connectivity index (χ0) is 33.8. The highest BCUT2D eigenvalue weighted by Crippen LogP contribution is 2.29. The van der Waals surface area contributed by atoms with Crippen molar-refractivity contribution in [3.05, 3.63) is 54.1 Å². The maximum absolute atomic E-state index is 14.2. The number of aromatic amines is 1. The van der Waals surface area contributed by atoms with Crippen molar-refractivity contribution in [2.45, 2.75) is 102 Å². The SMILES string of the molecule is CC(C)C(O)CC(O)[C@H](CC1CCCCC1)NC(=O)[C@H](Cc1c[nH]cn1)N(C)C(=O)[C@H](Cc1ccccc1)OC(=O)N1CCOCC1. The van der Waals surface area contributed by atoms with Gasteiger partial charge in [0, 0.05) is 45.6 Å². The van der Waals surface area contributed by atoms with Gasteiger partial charge in [0.15, 0.2) is 6.10 Å². The topological polar surface area (TPSA) is 157 Å². The molecule has 1 saturated carbocycles. The van der Waals surface area contributed by atoms with Crippen LogP contribution in [0, 0.1) is 11.8 Å². The minimum atomic E-state index is -1.18. The Hall–Kier alpha value is -3.48. The van der Waals surface area contributed by atoms with Crippen LogP contribution in [0.1, 0.15) is 70.1 Å². The monoisotopic (exact) mass is 655 g/mol. The summed E-state index contributed by atoms with van der Waals surface area (Å²) in [6, 6.07) is 7.68. The van der Waals surface area contributed by atoms with E-state index in [9.17, 15) is 24.6 Å². The molecule has 1 aromatic heterocycles. The third-order valence-electron chi connectivity index (χ3n) is 9.48.